The van der Waals surface area contributed by atoms with Crippen molar-refractivity contribution in [3.05, 3.63) is 47.6 Å². The molecule has 0 saturated heterocycles. The number of aromatic nitrogens is 3. The number of pyridine rings is 1. The second kappa shape index (κ2) is 4.31. The zero-order valence-electron chi connectivity index (χ0n) is 9.67. The summed E-state index contributed by atoms with van der Waals surface area (Å²) in [7, 11) is 1.63. The average Bonchev–Trinajstić information content (AvgIpc) is 2.81. The molecule has 3 rings (SSSR count). The first-order chi connectivity index (χ1) is 8.78. The summed E-state index contributed by atoms with van der Waals surface area (Å²) in [6, 6.07) is 11.3. The van der Waals surface area contributed by atoms with Gasteiger partial charge in [-0.15, -0.1) is 5.10 Å². The van der Waals surface area contributed by atoms with Crippen LogP contribution in [0.25, 0.3) is 17.0 Å². The lowest BCUT2D eigenvalue weighted by Crippen LogP contribution is -1.89. The monoisotopic (exact) mass is 259 g/mol. The minimum Gasteiger partial charge on any atom is -0.496 e. The first-order valence-electron chi connectivity index (χ1n) is 5.43. The molecule has 0 radical (unpaired) electrons. The van der Waals surface area contributed by atoms with Gasteiger partial charge in [0.05, 0.1) is 17.7 Å². The largest absolute Gasteiger partial charge is 0.496 e. The predicted molar refractivity (Wildman–Crippen MR) is 70.0 cm³/mol. The molecule has 2 aromatic heterocycles. The van der Waals surface area contributed by atoms with E-state index in [1.165, 1.54) is 0 Å². The summed E-state index contributed by atoms with van der Waals surface area (Å²) in [5, 5.41) is 5.02. The highest BCUT2D eigenvalue weighted by Crippen LogP contribution is 2.27. The molecule has 18 heavy (non-hydrogen) atoms. The van der Waals surface area contributed by atoms with Gasteiger partial charge in [-0.1, -0.05) is 23.7 Å². The van der Waals surface area contributed by atoms with E-state index in [0.717, 1.165) is 17.0 Å². The molecule has 5 heteroatoms. The molecule has 0 saturated carbocycles. The standard InChI is InChI=1S/C13H10ClN3O/c1-18-11-5-3-2-4-10(11)13-15-12-7-6-9(14)8-17(12)16-13/h2-8H,1H3. The van der Waals surface area contributed by atoms with E-state index in [1.807, 2.05) is 30.3 Å². The van der Waals surface area contributed by atoms with E-state index in [2.05, 4.69) is 10.1 Å². The molecular weight excluding hydrogens is 250 g/mol. The Morgan fingerprint density at radius 3 is 2.83 bits per heavy atom. The molecule has 0 bridgehead atoms. The third-order valence-corrected chi connectivity index (χ3v) is 2.87. The molecule has 90 valence electrons. The second-order valence-corrected chi connectivity index (χ2v) is 4.22. The molecular formula is C13H10ClN3O. The highest BCUT2D eigenvalue weighted by atomic mass is 35.5. The molecule has 3 aromatic rings. The number of ether oxygens (including phenoxy) is 1. The van der Waals surface area contributed by atoms with Crippen LogP contribution in [0.4, 0.5) is 0 Å². The zero-order chi connectivity index (χ0) is 12.5. The van der Waals surface area contributed by atoms with E-state index < -0.39 is 0 Å². The third kappa shape index (κ3) is 1.80. The number of halogens is 1. The van der Waals surface area contributed by atoms with Gasteiger partial charge >= 0.3 is 0 Å². The number of rotatable bonds is 2. The van der Waals surface area contributed by atoms with E-state index in [9.17, 15) is 0 Å². The Morgan fingerprint density at radius 1 is 1.17 bits per heavy atom. The molecule has 4 nitrogen and oxygen atoms in total. The van der Waals surface area contributed by atoms with Crippen molar-refractivity contribution in [2.75, 3.05) is 7.11 Å². The molecule has 0 N–H and O–H groups in total. The lowest BCUT2D eigenvalue weighted by molar-refractivity contribution is 0.416. The molecule has 0 spiro atoms. The van der Waals surface area contributed by atoms with Crippen molar-refractivity contribution >= 4 is 17.2 Å². The van der Waals surface area contributed by atoms with E-state index in [0.29, 0.717) is 10.8 Å². The van der Waals surface area contributed by atoms with Gasteiger partial charge in [-0.3, -0.25) is 0 Å². The quantitative estimate of drug-likeness (QED) is 0.710. The van der Waals surface area contributed by atoms with Crippen LogP contribution in [0, 0.1) is 0 Å². The van der Waals surface area contributed by atoms with Crippen LogP contribution in [0.3, 0.4) is 0 Å². The molecule has 0 unspecified atom stereocenters. The number of para-hydroxylation sites is 1. The summed E-state index contributed by atoms with van der Waals surface area (Å²) < 4.78 is 6.96. The second-order valence-electron chi connectivity index (χ2n) is 3.79. The smallest absolute Gasteiger partial charge is 0.185 e. The number of benzene rings is 1. The minimum atomic E-state index is 0.620. The number of hydrogen-bond acceptors (Lipinski definition) is 3. The number of methoxy groups -OCH3 is 1. The van der Waals surface area contributed by atoms with Crippen LogP contribution in [-0.2, 0) is 0 Å². The van der Waals surface area contributed by atoms with Gasteiger partial charge in [-0.2, -0.15) is 0 Å². The van der Waals surface area contributed by atoms with E-state index in [4.69, 9.17) is 16.3 Å². The molecule has 0 atom stereocenters. The Hall–Kier alpha value is -2.07. The van der Waals surface area contributed by atoms with Gasteiger partial charge in [-0.05, 0) is 24.3 Å². The summed E-state index contributed by atoms with van der Waals surface area (Å²) in [5.74, 6) is 1.37. The SMILES string of the molecule is COc1ccccc1-c1nc2ccc(Cl)cn2n1. The number of nitrogens with zero attached hydrogens (tertiary/aromatic N) is 3. The number of hydrogen-bond donors (Lipinski definition) is 0. The molecule has 0 aliphatic carbocycles. The zero-order valence-corrected chi connectivity index (χ0v) is 10.4. The van der Waals surface area contributed by atoms with Gasteiger partial charge in [0.25, 0.3) is 0 Å². The Kier molecular flexibility index (Phi) is 2.64. The number of fused-ring (bicyclic) bond motifs is 1. The van der Waals surface area contributed by atoms with Gasteiger partial charge in [0.1, 0.15) is 5.75 Å². The Balaban J connectivity index is 2.19. The molecule has 1 aromatic carbocycles. The van der Waals surface area contributed by atoms with Crippen LogP contribution >= 0.6 is 11.6 Å². The normalized spacial score (nSPS) is 10.8. The maximum atomic E-state index is 5.92. The first kappa shape index (κ1) is 11.0. The molecule has 0 amide bonds. The van der Waals surface area contributed by atoms with Crippen molar-refractivity contribution in [1.29, 1.82) is 0 Å². The van der Waals surface area contributed by atoms with Crippen LogP contribution in [0.5, 0.6) is 5.75 Å². The average molecular weight is 260 g/mol. The molecule has 0 aliphatic rings. The molecule has 2 heterocycles. The summed E-state index contributed by atoms with van der Waals surface area (Å²) in [4.78, 5) is 4.45. The van der Waals surface area contributed by atoms with Crippen molar-refractivity contribution in [3.63, 3.8) is 0 Å². The van der Waals surface area contributed by atoms with Crippen molar-refractivity contribution < 1.29 is 4.74 Å². The first-order valence-corrected chi connectivity index (χ1v) is 5.81. The van der Waals surface area contributed by atoms with Crippen molar-refractivity contribution in [3.8, 4) is 17.1 Å². The van der Waals surface area contributed by atoms with Gasteiger partial charge < -0.3 is 4.74 Å². The summed E-state index contributed by atoms with van der Waals surface area (Å²) >= 11 is 5.92. The fraction of sp³-hybridized carbons (Fsp3) is 0.0769. The fourth-order valence-electron chi connectivity index (χ4n) is 1.80. The summed E-state index contributed by atoms with van der Waals surface area (Å²) in [5.41, 5.74) is 1.61. The van der Waals surface area contributed by atoms with Crippen molar-refractivity contribution in [2.24, 2.45) is 0 Å². The minimum absolute atomic E-state index is 0.620. The van der Waals surface area contributed by atoms with Crippen LogP contribution in [0.15, 0.2) is 42.6 Å². The topological polar surface area (TPSA) is 39.4 Å². The maximum Gasteiger partial charge on any atom is 0.185 e. The van der Waals surface area contributed by atoms with Crippen molar-refractivity contribution in [2.45, 2.75) is 0 Å². The molecule has 0 aliphatic heterocycles. The van der Waals surface area contributed by atoms with Crippen LogP contribution in [-0.4, -0.2) is 21.7 Å². The van der Waals surface area contributed by atoms with Gasteiger partial charge in [0.15, 0.2) is 11.5 Å². The van der Waals surface area contributed by atoms with Gasteiger partial charge in [-0.25, -0.2) is 9.50 Å². The Bertz CT molecular complexity index is 708. The Morgan fingerprint density at radius 2 is 2.00 bits per heavy atom. The molecule has 0 fully saturated rings. The van der Waals surface area contributed by atoms with E-state index >= 15 is 0 Å². The lowest BCUT2D eigenvalue weighted by atomic mass is 10.2. The third-order valence-electron chi connectivity index (χ3n) is 2.64. The van der Waals surface area contributed by atoms with E-state index in [-0.39, 0.29) is 0 Å². The fourth-order valence-corrected chi connectivity index (χ4v) is 1.96. The van der Waals surface area contributed by atoms with Crippen molar-refractivity contribution in [1.82, 2.24) is 14.6 Å². The highest BCUT2D eigenvalue weighted by Gasteiger charge is 2.10. The van der Waals surface area contributed by atoms with Crippen LogP contribution < -0.4 is 4.74 Å². The van der Waals surface area contributed by atoms with Crippen LogP contribution in [0.2, 0.25) is 5.02 Å². The lowest BCUT2D eigenvalue weighted by Gasteiger charge is -2.03. The maximum absolute atomic E-state index is 5.92. The predicted octanol–water partition coefficient (Wildman–Crippen LogP) is 3.06. The van der Waals surface area contributed by atoms with Gasteiger partial charge in [0.2, 0.25) is 0 Å². The summed E-state index contributed by atoms with van der Waals surface area (Å²) in [6.07, 6.45) is 1.73. The Labute approximate surface area is 109 Å². The summed E-state index contributed by atoms with van der Waals surface area (Å²) in [6.45, 7) is 0. The van der Waals surface area contributed by atoms with Gasteiger partial charge in [0, 0.05) is 6.20 Å². The van der Waals surface area contributed by atoms with E-state index in [1.54, 1.807) is 23.9 Å². The highest BCUT2D eigenvalue weighted by molar-refractivity contribution is 6.30. The van der Waals surface area contributed by atoms with Crippen LogP contribution in [0.1, 0.15) is 0 Å².